The summed E-state index contributed by atoms with van der Waals surface area (Å²) in [6, 6.07) is 2.79. The van der Waals surface area contributed by atoms with Crippen LogP contribution in [0, 0.1) is 0 Å². The van der Waals surface area contributed by atoms with Crippen LogP contribution in [0.1, 0.15) is 38.3 Å². The number of fused-ring (bicyclic) bond motifs is 2. The van der Waals surface area contributed by atoms with E-state index in [9.17, 15) is 0 Å². The molecule has 1 saturated carbocycles. The van der Waals surface area contributed by atoms with E-state index in [-0.39, 0.29) is 0 Å². The molecule has 0 unspecified atom stereocenters. The van der Waals surface area contributed by atoms with Crippen LogP contribution in [-0.2, 0) is 6.42 Å². The van der Waals surface area contributed by atoms with Gasteiger partial charge in [-0.2, -0.15) is 0 Å². The van der Waals surface area contributed by atoms with Crippen molar-refractivity contribution >= 4 is 17.2 Å². The number of aromatic nitrogens is 6. The molecule has 0 aliphatic heterocycles. The first-order valence-electron chi connectivity index (χ1n) is 9.90. The van der Waals surface area contributed by atoms with Crippen molar-refractivity contribution in [2.45, 2.75) is 51.1 Å². The Balaban J connectivity index is 1.45. The normalized spacial score (nSPS) is 20.1. The van der Waals surface area contributed by atoms with Gasteiger partial charge in [0.1, 0.15) is 0 Å². The van der Waals surface area contributed by atoms with E-state index in [1.54, 1.807) is 0 Å². The van der Waals surface area contributed by atoms with Crippen LogP contribution in [-0.4, -0.2) is 41.1 Å². The number of imidazole rings is 1. The maximum atomic E-state index is 5.99. The number of nitrogens with two attached hydrogens (primary N) is 1. The predicted molar refractivity (Wildman–Crippen MR) is 108 cm³/mol. The molecule has 5 rings (SSSR count). The molecule has 0 bridgehead atoms. The number of anilines is 1. The quantitative estimate of drug-likeness (QED) is 0.568. The molecule has 1 aliphatic rings. The van der Waals surface area contributed by atoms with Crippen LogP contribution in [0.25, 0.3) is 22.4 Å². The van der Waals surface area contributed by atoms with Crippen LogP contribution >= 0.6 is 0 Å². The fourth-order valence-corrected chi connectivity index (χ4v) is 3.98. The summed E-state index contributed by atoms with van der Waals surface area (Å²) in [6.45, 7) is 2.12. The summed E-state index contributed by atoms with van der Waals surface area (Å²) in [5.74, 6) is 1.38. The van der Waals surface area contributed by atoms with Crippen molar-refractivity contribution < 1.29 is 0 Å². The van der Waals surface area contributed by atoms with Gasteiger partial charge in [-0.3, -0.25) is 4.40 Å². The Bertz CT molecular complexity index is 1120. The van der Waals surface area contributed by atoms with Gasteiger partial charge in [0.05, 0.1) is 17.9 Å². The van der Waals surface area contributed by atoms with Crippen molar-refractivity contribution in [1.82, 2.24) is 29.0 Å². The highest BCUT2D eigenvalue weighted by molar-refractivity contribution is 5.79. The third-order valence-corrected chi connectivity index (χ3v) is 5.64. The Kier molecular flexibility index (Phi) is 4.20. The second-order valence-electron chi connectivity index (χ2n) is 7.51. The number of aryl methyl sites for hydroxylation is 1. The summed E-state index contributed by atoms with van der Waals surface area (Å²) < 4.78 is 3.92. The van der Waals surface area contributed by atoms with E-state index in [1.807, 2.05) is 33.7 Å². The minimum atomic E-state index is 0.336. The van der Waals surface area contributed by atoms with Gasteiger partial charge < -0.3 is 11.1 Å². The van der Waals surface area contributed by atoms with Gasteiger partial charge >= 0.3 is 0 Å². The van der Waals surface area contributed by atoms with Crippen LogP contribution in [0.4, 0.5) is 5.95 Å². The maximum absolute atomic E-state index is 5.99. The summed E-state index contributed by atoms with van der Waals surface area (Å²) in [6.07, 6.45) is 14.8. The van der Waals surface area contributed by atoms with Crippen molar-refractivity contribution in [1.29, 1.82) is 0 Å². The molecule has 0 aromatic carbocycles. The summed E-state index contributed by atoms with van der Waals surface area (Å²) in [7, 11) is 0. The molecule has 4 heterocycles. The predicted octanol–water partition coefficient (Wildman–Crippen LogP) is 2.68. The topological polar surface area (TPSA) is 98.4 Å². The summed E-state index contributed by atoms with van der Waals surface area (Å²) in [5.41, 5.74) is 10.2. The van der Waals surface area contributed by atoms with Gasteiger partial charge in [-0.25, -0.2) is 19.5 Å². The highest BCUT2D eigenvalue weighted by atomic mass is 15.3. The molecular formula is C20H24N8. The second-order valence-corrected chi connectivity index (χ2v) is 7.51. The molecule has 3 N–H and O–H groups in total. The Morgan fingerprint density at radius 2 is 1.93 bits per heavy atom. The van der Waals surface area contributed by atoms with Gasteiger partial charge in [0, 0.05) is 47.5 Å². The fraction of sp³-hybridized carbons (Fsp3) is 0.400. The minimum Gasteiger partial charge on any atom is -0.350 e. The Labute approximate surface area is 162 Å². The smallest absolute Gasteiger partial charge is 0.241 e. The number of nitrogens with zero attached hydrogens (tertiary/aromatic N) is 6. The van der Waals surface area contributed by atoms with Gasteiger partial charge in [0.2, 0.25) is 11.7 Å². The number of rotatable bonds is 4. The average molecular weight is 376 g/mol. The van der Waals surface area contributed by atoms with Gasteiger partial charge in [0.25, 0.3) is 0 Å². The summed E-state index contributed by atoms with van der Waals surface area (Å²) in [4.78, 5) is 13.4. The van der Waals surface area contributed by atoms with Crippen molar-refractivity contribution in [2.24, 2.45) is 5.73 Å². The Morgan fingerprint density at radius 1 is 1.11 bits per heavy atom. The van der Waals surface area contributed by atoms with Crippen LogP contribution in [0.15, 0.2) is 37.1 Å². The van der Waals surface area contributed by atoms with Crippen LogP contribution in [0.2, 0.25) is 0 Å². The van der Waals surface area contributed by atoms with Crippen molar-refractivity contribution in [2.75, 3.05) is 5.32 Å². The zero-order valence-electron chi connectivity index (χ0n) is 15.9. The molecule has 4 aromatic rings. The highest BCUT2D eigenvalue weighted by Gasteiger charge is 2.19. The Morgan fingerprint density at radius 3 is 2.75 bits per heavy atom. The number of hydrogen-bond donors (Lipinski definition) is 2. The molecule has 28 heavy (non-hydrogen) atoms. The fourth-order valence-electron chi connectivity index (χ4n) is 3.98. The van der Waals surface area contributed by atoms with E-state index in [0.29, 0.717) is 18.0 Å². The molecule has 0 radical (unpaired) electrons. The standard InChI is InChI=1S/C20H24N8/c1-2-16-10-24-20-23-9-13(12-27(16)20)17-7-8-28-18(17)11-22-19(26-28)25-15-5-3-14(21)4-6-15/h7-12,14-15H,2-6,21H2,1H3,(H,25,26). The minimum absolute atomic E-state index is 0.336. The molecule has 144 valence electrons. The average Bonchev–Trinajstić information content (AvgIpc) is 3.32. The molecule has 1 aliphatic carbocycles. The molecule has 0 spiro atoms. The first-order chi connectivity index (χ1) is 13.7. The third kappa shape index (κ3) is 2.99. The van der Waals surface area contributed by atoms with E-state index < -0.39 is 0 Å². The largest absolute Gasteiger partial charge is 0.350 e. The lowest BCUT2D eigenvalue weighted by Crippen LogP contribution is -2.33. The van der Waals surface area contributed by atoms with Gasteiger partial charge in [-0.15, -0.1) is 5.10 Å². The highest BCUT2D eigenvalue weighted by Crippen LogP contribution is 2.26. The van der Waals surface area contributed by atoms with Crippen molar-refractivity contribution in [3.05, 3.63) is 42.7 Å². The monoisotopic (exact) mass is 376 g/mol. The second kappa shape index (κ2) is 6.87. The van der Waals surface area contributed by atoms with Gasteiger partial charge in [-0.1, -0.05) is 6.92 Å². The molecule has 4 aromatic heterocycles. The number of nitrogens with one attached hydrogen (secondary N) is 1. The molecule has 8 nitrogen and oxygen atoms in total. The zero-order valence-corrected chi connectivity index (χ0v) is 15.9. The first-order valence-corrected chi connectivity index (χ1v) is 9.90. The number of hydrogen-bond acceptors (Lipinski definition) is 6. The lowest BCUT2D eigenvalue weighted by atomic mass is 9.92. The summed E-state index contributed by atoms with van der Waals surface area (Å²) in [5, 5.41) is 8.10. The maximum Gasteiger partial charge on any atom is 0.241 e. The molecule has 0 atom stereocenters. The van der Waals surface area contributed by atoms with E-state index in [0.717, 1.165) is 60.2 Å². The zero-order chi connectivity index (χ0) is 19.1. The molecule has 8 heteroatoms. The lowest BCUT2D eigenvalue weighted by molar-refractivity contribution is 0.409. The van der Waals surface area contributed by atoms with E-state index in [1.165, 1.54) is 0 Å². The first kappa shape index (κ1) is 17.1. The lowest BCUT2D eigenvalue weighted by Gasteiger charge is -2.26. The third-order valence-electron chi connectivity index (χ3n) is 5.64. The van der Waals surface area contributed by atoms with Gasteiger partial charge in [0.15, 0.2) is 0 Å². The van der Waals surface area contributed by atoms with E-state index in [2.05, 4.69) is 44.6 Å². The van der Waals surface area contributed by atoms with Crippen molar-refractivity contribution in [3.8, 4) is 11.1 Å². The SMILES string of the molecule is CCc1cnc2ncc(-c3ccn4nc(NC5CCC(N)CC5)ncc34)cn12. The van der Waals surface area contributed by atoms with Crippen LogP contribution < -0.4 is 11.1 Å². The van der Waals surface area contributed by atoms with Crippen LogP contribution in [0.3, 0.4) is 0 Å². The molecule has 0 amide bonds. The van der Waals surface area contributed by atoms with Gasteiger partial charge in [-0.05, 0) is 38.2 Å². The van der Waals surface area contributed by atoms with E-state index in [4.69, 9.17) is 5.73 Å². The molecular weight excluding hydrogens is 352 g/mol. The van der Waals surface area contributed by atoms with E-state index >= 15 is 0 Å². The molecule has 0 saturated heterocycles. The van der Waals surface area contributed by atoms with Crippen LogP contribution in [0.5, 0.6) is 0 Å². The Hall–Kier alpha value is -3.00. The van der Waals surface area contributed by atoms with Crippen molar-refractivity contribution in [3.63, 3.8) is 0 Å². The molecule has 1 fully saturated rings. The summed E-state index contributed by atoms with van der Waals surface area (Å²) >= 11 is 0.